The molecule has 0 fully saturated rings. The summed E-state index contributed by atoms with van der Waals surface area (Å²) in [7, 11) is 0. The van der Waals surface area contributed by atoms with Crippen molar-refractivity contribution in [1.82, 2.24) is 4.98 Å². The lowest BCUT2D eigenvalue weighted by Crippen LogP contribution is -2.08. The molecule has 5 heteroatoms. The lowest BCUT2D eigenvalue weighted by molar-refractivity contribution is 1.29. The predicted molar refractivity (Wildman–Crippen MR) is 61.6 cm³/mol. The fourth-order valence-electron chi connectivity index (χ4n) is 1.02. The van der Waals surface area contributed by atoms with Gasteiger partial charge in [-0.1, -0.05) is 13.8 Å². The van der Waals surface area contributed by atoms with Crippen molar-refractivity contribution >= 4 is 17.2 Å². The molecule has 15 heavy (non-hydrogen) atoms. The topological polar surface area (TPSA) is 113 Å². The van der Waals surface area contributed by atoms with Crippen LogP contribution in [0, 0.1) is 16.7 Å². The first-order valence-corrected chi connectivity index (χ1v) is 4.57. The van der Waals surface area contributed by atoms with Gasteiger partial charge in [-0.2, -0.15) is 5.26 Å². The van der Waals surface area contributed by atoms with Crippen LogP contribution < -0.4 is 11.5 Å². The number of nitrogen functional groups attached to an aromatic ring is 2. The molecule has 5 nitrogen and oxygen atoms in total. The summed E-state index contributed by atoms with van der Waals surface area (Å²) >= 11 is 0. The molecule has 0 aliphatic rings. The molecule has 1 heterocycles. The van der Waals surface area contributed by atoms with Crippen molar-refractivity contribution in [3.8, 4) is 6.07 Å². The molecule has 0 amide bonds. The Kier molecular flexibility index (Phi) is 4.82. The van der Waals surface area contributed by atoms with E-state index >= 15 is 0 Å². The molecule has 0 atom stereocenters. The minimum atomic E-state index is 0.184. The van der Waals surface area contributed by atoms with Crippen LogP contribution in [0.25, 0.3) is 0 Å². The Bertz CT molecular complexity index is 403. The molecule has 0 aromatic carbocycles. The Morgan fingerprint density at radius 2 is 2.00 bits per heavy atom. The molecule has 0 saturated carbocycles. The quantitative estimate of drug-likeness (QED) is 0.603. The van der Waals surface area contributed by atoms with Crippen LogP contribution in [0.4, 0.5) is 11.5 Å². The monoisotopic (exact) mass is 205 g/mol. The van der Waals surface area contributed by atoms with Gasteiger partial charge >= 0.3 is 0 Å². The number of anilines is 2. The summed E-state index contributed by atoms with van der Waals surface area (Å²) in [4.78, 5) is 3.77. The van der Waals surface area contributed by atoms with E-state index in [0.29, 0.717) is 5.56 Å². The van der Waals surface area contributed by atoms with Gasteiger partial charge in [-0.25, -0.2) is 4.98 Å². The van der Waals surface area contributed by atoms with Crippen molar-refractivity contribution in [3.05, 3.63) is 17.3 Å². The van der Waals surface area contributed by atoms with E-state index in [1.165, 1.54) is 6.20 Å². The Morgan fingerprint density at radius 1 is 1.47 bits per heavy atom. The average Bonchev–Trinajstić information content (AvgIpc) is 2.20. The van der Waals surface area contributed by atoms with Gasteiger partial charge in [-0.05, 0) is 6.92 Å². The highest BCUT2D eigenvalue weighted by molar-refractivity contribution is 6.05. The van der Waals surface area contributed by atoms with Gasteiger partial charge in [0.1, 0.15) is 11.9 Å². The maximum atomic E-state index is 8.63. The number of nitrogens with zero attached hydrogens (tertiary/aromatic N) is 2. The molecule has 0 saturated heterocycles. The first-order chi connectivity index (χ1) is 7.07. The molecular weight excluding hydrogens is 190 g/mol. The Labute approximate surface area is 89.2 Å². The highest BCUT2D eigenvalue weighted by Gasteiger charge is 2.11. The van der Waals surface area contributed by atoms with E-state index in [2.05, 4.69) is 4.98 Å². The molecule has 1 aromatic heterocycles. The first-order valence-electron chi connectivity index (χ1n) is 4.57. The molecule has 0 bridgehead atoms. The van der Waals surface area contributed by atoms with Gasteiger partial charge < -0.3 is 16.9 Å². The molecule has 0 spiro atoms. The summed E-state index contributed by atoms with van der Waals surface area (Å²) in [5.74, 6) is 0.184. The van der Waals surface area contributed by atoms with Gasteiger partial charge in [0.25, 0.3) is 0 Å². The Balaban J connectivity index is 0.000000921. The molecule has 5 N–H and O–H groups in total. The third kappa shape index (κ3) is 2.68. The molecule has 0 unspecified atom stereocenters. The summed E-state index contributed by atoms with van der Waals surface area (Å²) in [6.45, 7) is 5.55. The minimum absolute atomic E-state index is 0.184. The number of hydrogen-bond acceptors (Lipinski definition) is 5. The summed E-state index contributed by atoms with van der Waals surface area (Å²) in [5, 5.41) is 16.0. The van der Waals surface area contributed by atoms with Crippen molar-refractivity contribution in [2.75, 3.05) is 11.5 Å². The number of nitrogens with two attached hydrogens (primary N) is 2. The summed E-state index contributed by atoms with van der Waals surface area (Å²) < 4.78 is 0. The first kappa shape index (κ1) is 12.9. The third-order valence-corrected chi connectivity index (χ3v) is 1.64. The highest BCUT2D eigenvalue weighted by atomic mass is 14.8. The third-order valence-electron chi connectivity index (χ3n) is 1.64. The second-order valence-electron chi connectivity index (χ2n) is 2.58. The van der Waals surface area contributed by atoms with Gasteiger partial charge in [0.15, 0.2) is 0 Å². The van der Waals surface area contributed by atoms with E-state index in [9.17, 15) is 0 Å². The van der Waals surface area contributed by atoms with Crippen molar-refractivity contribution in [1.29, 1.82) is 10.7 Å². The van der Waals surface area contributed by atoms with Crippen molar-refractivity contribution in [2.24, 2.45) is 0 Å². The number of hydrogen-bond donors (Lipinski definition) is 3. The molecular formula is C10H15N5. The van der Waals surface area contributed by atoms with E-state index < -0.39 is 0 Å². The standard InChI is InChI=1S/C8H9N5.C2H6/c1-4(10)6-7(11)5(2-9)3-13-8(6)12;1-2/h3,10H,1H3,(H4,11,12,13);1-2H3. The molecule has 80 valence electrons. The zero-order valence-electron chi connectivity index (χ0n) is 9.13. The Hall–Kier alpha value is -2.09. The van der Waals surface area contributed by atoms with Crippen molar-refractivity contribution in [3.63, 3.8) is 0 Å². The van der Waals surface area contributed by atoms with Crippen LogP contribution >= 0.6 is 0 Å². The summed E-state index contributed by atoms with van der Waals surface area (Å²) in [6, 6.07) is 1.88. The van der Waals surface area contributed by atoms with E-state index in [1.807, 2.05) is 19.9 Å². The van der Waals surface area contributed by atoms with Crippen molar-refractivity contribution in [2.45, 2.75) is 20.8 Å². The van der Waals surface area contributed by atoms with Crippen LogP contribution in [0.1, 0.15) is 31.9 Å². The molecule has 0 aliphatic carbocycles. The molecule has 1 rings (SSSR count). The number of aromatic nitrogens is 1. The summed E-state index contributed by atoms with van der Waals surface area (Å²) in [6.07, 6.45) is 1.30. The minimum Gasteiger partial charge on any atom is -0.397 e. The van der Waals surface area contributed by atoms with Gasteiger partial charge in [-0.15, -0.1) is 0 Å². The second-order valence-corrected chi connectivity index (χ2v) is 2.58. The average molecular weight is 205 g/mol. The van der Waals surface area contributed by atoms with Crippen LogP contribution in [0.5, 0.6) is 0 Å². The van der Waals surface area contributed by atoms with E-state index in [4.69, 9.17) is 22.1 Å². The highest BCUT2D eigenvalue weighted by Crippen LogP contribution is 2.20. The van der Waals surface area contributed by atoms with Gasteiger partial charge in [0, 0.05) is 11.9 Å². The predicted octanol–water partition coefficient (Wildman–Crippen LogP) is 1.53. The lowest BCUT2D eigenvalue weighted by atomic mass is 10.1. The van der Waals surface area contributed by atoms with Crippen LogP contribution in [0.2, 0.25) is 0 Å². The van der Waals surface area contributed by atoms with Gasteiger partial charge in [0.2, 0.25) is 0 Å². The van der Waals surface area contributed by atoms with Crippen LogP contribution in [0.3, 0.4) is 0 Å². The fraction of sp³-hybridized carbons (Fsp3) is 0.300. The second kappa shape index (κ2) is 5.60. The van der Waals surface area contributed by atoms with Crippen molar-refractivity contribution < 1.29 is 0 Å². The van der Waals surface area contributed by atoms with Crippen LogP contribution in [-0.2, 0) is 0 Å². The maximum absolute atomic E-state index is 8.63. The van der Waals surface area contributed by atoms with Crippen LogP contribution in [-0.4, -0.2) is 10.7 Å². The molecule has 0 radical (unpaired) electrons. The summed E-state index contributed by atoms with van der Waals surface area (Å²) in [5.41, 5.74) is 12.1. The maximum Gasteiger partial charge on any atom is 0.134 e. The fourth-order valence-corrected chi connectivity index (χ4v) is 1.02. The zero-order valence-corrected chi connectivity index (χ0v) is 9.13. The number of nitriles is 1. The molecule has 0 aliphatic heterocycles. The number of nitrogens with one attached hydrogen (secondary N) is 1. The Morgan fingerprint density at radius 3 is 2.40 bits per heavy atom. The van der Waals surface area contributed by atoms with E-state index in [-0.39, 0.29) is 22.8 Å². The van der Waals surface area contributed by atoms with E-state index in [1.54, 1.807) is 6.92 Å². The number of pyridine rings is 1. The normalized spacial score (nSPS) is 8.40. The van der Waals surface area contributed by atoms with E-state index in [0.717, 1.165) is 0 Å². The van der Waals surface area contributed by atoms with Crippen LogP contribution in [0.15, 0.2) is 6.20 Å². The lowest BCUT2D eigenvalue weighted by Gasteiger charge is -2.07. The number of rotatable bonds is 1. The SMILES string of the molecule is CC.CC(=N)c1c(N)ncc(C#N)c1N. The zero-order chi connectivity index (χ0) is 12.0. The smallest absolute Gasteiger partial charge is 0.134 e. The largest absolute Gasteiger partial charge is 0.397 e. The molecule has 1 aromatic rings. The van der Waals surface area contributed by atoms with Gasteiger partial charge in [-0.3, -0.25) is 0 Å². The van der Waals surface area contributed by atoms with Gasteiger partial charge in [0.05, 0.1) is 16.8 Å².